The van der Waals surface area contributed by atoms with Crippen LogP contribution in [0.5, 0.6) is 0 Å². The zero-order valence-corrected chi connectivity index (χ0v) is 11.2. The van der Waals surface area contributed by atoms with Gasteiger partial charge >= 0.3 is 0 Å². The highest BCUT2D eigenvalue weighted by molar-refractivity contribution is 7.94. The van der Waals surface area contributed by atoms with Gasteiger partial charge in [-0.25, -0.2) is 17.2 Å². The predicted molar refractivity (Wildman–Crippen MR) is 69.6 cm³/mol. The number of halogens is 2. The summed E-state index contributed by atoms with van der Waals surface area (Å²) in [6.45, 7) is 0.247. The second-order valence-corrected chi connectivity index (χ2v) is 5.59. The highest BCUT2D eigenvalue weighted by atomic mass is 32.2. The van der Waals surface area contributed by atoms with Gasteiger partial charge in [0, 0.05) is 5.56 Å². The van der Waals surface area contributed by atoms with Crippen molar-refractivity contribution >= 4 is 15.7 Å². The monoisotopic (exact) mass is 298 g/mol. The second kappa shape index (κ2) is 5.56. The van der Waals surface area contributed by atoms with Crippen molar-refractivity contribution in [3.8, 4) is 0 Å². The van der Waals surface area contributed by atoms with Gasteiger partial charge in [-0.15, -0.1) is 0 Å². The Balaban J connectivity index is 2.43. The molecule has 0 saturated heterocycles. The number of rotatable bonds is 4. The summed E-state index contributed by atoms with van der Waals surface area (Å²) < 4.78 is 54.2. The molecule has 0 aliphatic rings. The molecule has 2 aromatic carbocycles. The molecule has 0 fully saturated rings. The maximum Gasteiger partial charge on any atom is 0.123 e. The fourth-order valence-corrected chi connectivity index (χ4v) is 2.95. The van der Waals surface area contributed by atoms with Crippen molar-refractivity contribution in [1.82, 2.24) is 0 Å². The van der Waals surface area contributed by atoms with E-state index in [4.69, 9.17) is 0 Å². The molecule has 0 bridgehead atoms. The molecule has 3 N–H and O–H groups in total. The van der Waals surface area contributed by atoms with Gasteiger partial charge in [0.15, 0.2) is 0 Å². The molecule has 4 nitrogen and oxygen atoms in total. The molecule has 0 spiro atoms. The lowest BCUT2D eigenvalue weighted by Crippen LogP contribution is -2.47. The minimum atomic E-state index is -4.12. The van der Waals surface area contributed by atoms with Crippen LogP contribution in [0, 0.1) is 11.6 Å². The van der Waals surface area contributed by atoms with E-state index in [1.165, 1.54) is 12.1 Å². The Morgan fingerprint density at radius 2 is 1.80 bits per heavy atom. The van der Waals surface area contributed by atoms with Crippen LogP contribution in [0.25, 0.3) is 4.72 Å². The van der Waals surface area contributed by atoms with E-state index < -0.39 is 27.3 Å². The van der Waals surface area contributed by atoms with Gasteiger partial charge in [-0.2, -0.15) is 0 Å². The van der Waals surface area contributed by atoms with Crippen LogP contribution >= 0.6 is 0 Å². The van der Waals surface area contributed by atoms with Gasteiger partial charge in [0.2, 0.25) is 0 Å². The molecule has 2 aromatic rings. The SMILES string of the molecule is [NH3+]Cc1ccccc1S(=O)(=O)[N-]c1cc(F)ccc1F. The highest BCUT2D eigenvalue weighted by Gasteiger charge is 2.11. The molecule has 2 rings (SSSR count). The van der Waals surface area contributed by atoms with Crippen molar-refractivity contribution in [1.29, 1.82) is 0 Å². The van der Waals surface area contributed by atoms with E-state index in [-0.39, 0.29) is 11.4 Å². The number of quaternary nitrogens is 1. The van der Waals surface area contributed by atoms with Crippen LogP contribution in [0.2, 0.25) is 0 Å². The first kappa shape index (κ1) is 14.4. The highest BCUT2D eigenvalue weighted by Crippen LogP contribution is 2.31. The van der Waals surface area contributed by atoms with Gasteiger partial charge in [-0.3, -0.25) is 0 Å². The Morgan fingerprint density at radius 1 is 1.10 bits per heavy atom. The lowest BCUT2D eigenvalue weighted by molar-refractivity contribution is -0.387. The Morgan fingerprint density at radius 3 is 2.50 bits per heavy atom. The lowest BCUT2D eigenvalue weighted by atomic mass is 10.2. The molecular weight excluding hydrogens is 286 g/mol. The summed E-state index contributed by atoms with van der Waals surface area (Å²) in [5, 5.41) is 0. The van der Waals surface area contributed by atoms with Gasteiger partial charge in [-0.05, 0) is 24.3 Å². The van der Waals surface area contributed by atoms with Crippen molar-refractivity contribution in [2.24, 2.45) is 0 Å². The van der Waals surface area contributed by atoms with Crippen molar-refractivity contribution in [2.75, 3.05) is 0 Å². The molecule has 7 heteroatoms. The number of hydrogen-bond donors (Lipinski definition) is 1. The predicted octanol–water partition coefficient (Wildman–Crippen LogP) is 2.10. The van der Waals surface area contributed by atoms with Gasteiger partial charge < -0.3 is 10.5 Å². The molecule has 0 aliphatic carbocycles. The van der Waals surface area contributed by atoms with E-state index in [0.29, 0.717) is 5.56 Å². The maximum atomic E-state index is 13.5. The third-order valence-electron chi connectivity index (χ3n) is 2.65. The number of hydrogen-bond acceptors (Lipinski definition) is 2. The fourth-order valence-electron chi connectivity index (χ4n) is 1.70. The first-order valence-electron chi connectivity index (χ1n) is 5.74. The van der Waals surface area contributed by atoms with E-state index in [1.54, 1.807) is 12.1 Å². The van der Waals surface area contributed by atoms with Crippen LogP contribution < -0.4 is 5.73 Å². The smallest absolute Gasteiger partial charge is 0.123 e. The topological polar surface area (TPSA) is 75.9 Å². The van der Waals surface area contributed by atoms with Crippen LogP contribution in [-0.4, -0.2) is 8.42 Å². The first-order valence-corrected chi connectivity index (χ1v) is 7.18. The summed E-state index contributed by atoms with van der Waals surface area (Å²) in [5.41, 5.74) is 3.54. The van der Waals surface area contributed by atoms with Crippen LogP contribution in [0.15, 0.2) is 47.4 Å². The first-order chi connectivity index (χ1) is 9.44. The molecule has 0 atom stereocenters. The summed E-state index contributed by atoms with van der Waals surface area (Å²) in [4.78, 5) is -0.0568. The van der Waals surface area contributed by atoms with Gasteiger partial charge in [0.05, 0.1) is 4.90 Å². The third-order valence-corrected chi connectivity index (χ3v) is 4.04. The molecule has 20 heavy (non-hydrogen) atoms. The molecule has 0 aromatic heterocycles. The standard InChI is InChI=1S/C13H11F2N2O2S/c14-10-5-6-11(15)12(7-10)17-20(18,19)13-4-2-1-3-9(13)8-16/h1-7H,8,16H2/q-1/p+1. The van der Waals surface area contributed by atoms with Gasteiger partial charge in [-0.1, -0.05) is 23.9 Å². The van der Waals surface area contributed by atoms with Gasteiger partial charge in [0.25, 0.3) is 0 Å². The lowest BCUT2D eigenvalue weighted by Gasteiger charge is -2.23. The fraction of sp³-hybridized carbons (Fsp3) is 0.0769. The molecule has 0 amide bonds. The van der Waals surface area contributed by atoms with Crippen molar-refractivity contribution < 1.29 is 22.9 Å². The Hall–Kier alpha value is -1.99. The maximum absolute atomic E-state index is 13.5. The number of nitrogens with zero attached hydrogens (tertiary/aromatic N) is 1. The van der Waals surface area contributed by atoms with Crippen LogP contribution in [0.3, 0.4) is 0 Å². The zero-order valence-electron chi connectivity index (χ0n) is 10.4. The minimum absolute atomic E-state index is 0.0568. The second-order valence-electron chi connectivity index (χ2n) is 4.02. The summed E-state index contributed by atoms with van der Waals surface area (Å²) in [7, 11) is -4.12. The average molecular weight is 298 g/mol. The van der Waals surface area contributed by atoms with Crippen LogP contribution in [0.4, 0.5) is 14.5 Å². The normalized spacial score (nSPS) is 11.3. The molecule has 106 valence electrons. The molecule has 0 unspecified atom stereocenters. The largest absolute Gasteiger partial charge is 0.570 e. The van der Waals surface area contributed by atoms with E-state index >= 15 is 0 Å². The van der Waals surface area contributed by atoms with E-state index in [2.05, 4.69) is 10.5 Å². The van der Waals surface area contributed by atoms with E-state index in [0.717, 1.165) is 18.2 Å². The van der Waals surface area contributed by atoms with Gasteiger partial charge in [0.1, 0.15) is 28.2 Å². The Labute approximate surface area is 115 Å². The van der Waals surface area contributed by atoms with Crippen LogP contribution in [-0.2, 0) is 16.6 Å². The molecular formula is C13H12F2N2O2S. The Bertz CT molecular complexity index is 733. The Kier molecular flexibility index (Phi) is 4.01. The van der Waals surface area contributed by atoms with E-state index in [1.807, 2.05) is 0 Å². The quantitative estimate of drug-likeness (QED) is 0.938. The average Bonchev–Trinajstić information content (AvgIpc) is 2.42. The summed E-state index contributed by atoms with van der Waals surface area (Å²) in [6, 6.07) is 8.61. The molecule has 0 radical (unpaired) electrons. The van der Waals surface area contributed by atoms with Crippen molar-refractivity contribution in [3.05, 3.63) is 64.4 Å². The van der Waals surface area contributed by atoms with Crippen molar-refractivity contribution in [3.63, 3.8) is 0 Å². The summed E-state index contributed by atoms with van der Waals surface area (Å²) in [6.07, 6.45) is 0. The minimum Gasteiger partial charge on any atom is -0.570 e. The van der Waals surface area contributed by atoms with Crippen molar-refractivity contribution in [2.45, 2.75) is 11.4 Å². The number of sulfonamides is 1. The number of benzene rings is 2. The third kappa shape index (κ3) is 2.94. The summed E-state index contributed by atoms with van der Waals surface area (Å²) in [5.74, 6) is -1.66. The zero-order chi connectivity index (χ0) is 14.8. The van der Waals surface area contributed by atoms with Crippen LogP contribution in [0.1, 0.15) is 5.56 Å². The molecule has 0 saturated carbocycles. The molecule has 0 aliphatic heterocycles. The summed E-state index contributed by atoms with van der Waals surface area (Å²) >= 11 is 0. The van der Waals surface area contributed by atoms with E-state index in [9.17, 15) is 17.2 Å². The molecule has 0 heterocycles.